The van der Waals surface area contributed by atoms with Crippen molar-refractivity contribution in [3.8, 4) is 0 Å². The molecular weight excluding hydrogens is 244 g/mol. The maximum Gasteiger partial charge on any atom is 0.337 e. The number of carbonyl (C=O) groups excluding carboxylic acids is 1. The third kappa shape index (κ3) is 1.05. The number of hydrogen-bond donors (Lipinski definition) is 1. The number of aliphatic hydroxyl groups is 1. The molecule has 0 aromatic heterocycles. The van der Waals surface area contributed by atoms with E-state index in [4.69, 9.17) is 9.47 Å². The van der Waals surface area contributed by atoms with Gasteiger partial charge in [0.25, 0.3) is 0 Å². The molecule has 19 heavy (non-hydrogen) atoms. The Hall–Kier alpha value is -0.870. The molecule has 2 saturated carbocycles. The summed E-state index contributed by atoms with van der Waals surface area (Å²) in [7, 11) is 0. The van der Waals surface area contributed by atoms with Gasteiger partial charge in [0.2, 0.25) is 0 Å². The first-order chi connectivity index (χ1) is 8.89. The van der Waals surface area contributed by atoms with Crippen molar-refractivity contribution in [2.24, 2.45) is 11.3 Å². The summed E-state index contributed by atoms with van der Waals surface area (Å²) < 4.78 is 12.0. The van der Waals surface area contributed by atoms with Crippen LogP contribution in [-0.4, -0.2) is 35.0 Å². The largest absolute Gasteiger partial charge is 0.448 e. The average Bonchev–Trinajstić information content (AvgIpc) is 2.98. The molecule has 4 heteroatoms. The van der Waals surface area contributed by atoms with Crippen LogP contribution in [0.15, 0.2) is 11.1 Å². The number of hydrogen-bond acceptors (Lipinski definition) is 4. The van der Waals surface area contributed by atoms with Gasteiger partial charge in [-0.3, -0.25) is 0 Å². The summed E-state index contributed by atoms with van der Waals surface area (Å²) in [6.45, 7) is 6.36. The van der Waals surface area contributed by atoms with Crippen molar-refractivity contribution in [2.75, 3.05) is 6.61 Å². The molecule has 104 valence electrons. The zero-order valence-electron chi connectivity index (χ0n) is 11.7. The van der Waals surface area contributed by atoms with Crippen molar-refractivity contribution >= 4 is 5.97 Å². The molecule has 4 nitrogen and oxygen atoms in total. The number of ether oxygens (including phenoxy) is 2. The topological polar surface area (TPSA) is 59.1 Å². The van der Waals surface area contributed by atoms with E-state index in [1.54, 1.807) is 0 Å². The summed E-state index contributed by atoms with van der Waals surface area (Å²) in [6.07, 6.45) is 2.84. The Labute approximate surface area is 112 Å². The first-order valence-electron chi connectivity index (χ1n) is 7.13. The van der Waals surface area contributed by atoms with Gasteiger partial charge in [-0.05, 0) is 29.7 Å². The lowest BCUT2D eigenvalue weighted by Crippen LogP contribution is -2.52. The summed E-state index contributed by atoms with van der Waals surface area (Å²) in [5.74, 6) is 0.0618. The summed E-state index contributed by atoms with van der Waals surface area (Å²) in [5, 5.41) is 9.49. The van der Waals surface area contributed by atoms with Crippen molar-refractivity contribution in [1.29, 1.82) is 0 Å². The maximum atomic E-state index is 12.1. The normalized spacial score (nSPS) is 49.6. The van der Waals surface area contributed by atoms with Gasteiger partial charge >= 0.3 is 5.97 Å². The van der Waals surface area contributed by atoms with Crippen LogP contribution in [0.25, 0.3) is 0 Å². The van der Waals surface area contributed by atoms with Crippen molar-refractivity contribution in [3.05, 3.63) is 11.1 Å². The van der Waals surface area contributed by atoms with Gasteiger partial charge < -0.3 is 14.6 Å². The zero-order chi connectivity index (χ0) is 13.6. The maximum absolute atomic E-state index is 12.1. The lowest BCUT2D eigenvalue weighted by Gasteiger charge is -2.42. The SMILES string of the molecule is C[C@@H]1CCC2=C(CO)C(=O)O[C@@]23CC(C)(C)[C@H]2O[C@]123. The van der Waals surface area contributed by atoms with Crippen LogP contribution in [0.4, 0.5) is 0 Å². The monoisotopic (exact) mass is 264 g/mol. The lowest BCUT2D eigenvalue weighted by molar-refractivity contribution is -0.159. The first kappa shape index (κ1) is 11.9. The van der Waals surface area contributed by atoms with E-state index in [0.717, 1.165) is 24.8 Å². The van der Waals surface area contributed by atoms with Gasteiger partial charge in [0.1, 0.15) is 5.60 Å². The smallest absolute Gasteiger partial charge is 0.337 e. The van der Waals surface area contributed by atoms with Crippen LogP contribution < -0.4 is 0 Å². The van der Waals surface area contributed by atoms with Gasteiger partial charge in [0, 0.05) is 6.42 Å². The Kier molecular flexibility index (Phi) is 1.92. The highest BCUT2D eigenvalue weighted by Gasteiger charge is 2.85. The van der Waals surface area contributed by atoms with E-state index in [0.29, 0.717) is 11.5 Å². The van der Waals surface area contributed by atoms with Crippen LogP contribution in [0.2, 0.25) is 0 Å². The molecule has 0 amide bonds. The average molecular weight is 264 g/mol. The van der Waals surface area contributed by atoms with E-state index in [1.807, 2.05) is 0 Å². The van der Waals surface area contributed by atoms with Crippen molar-refractivity contribution < 1.29 is 19.4 Å². The van der Waals surface area contributed by atoms with Gasteiger partial charge in [-0.2, -0.15) is 0 Å². The second kappa shape index (κ2) is 3.07. The fourth-order valence-electron chi connectivity index (χ4n) is 5.05. The molecule has 1 N–H and O–H groups in total. The highest BCUT2D eigenvalue weighted by Crippen LogP contribution is 2.74. The van der Waals surface area contributed by atoms with Crippen LogP contribution in [0, 0.1) is 11.3 Å². The molecule has 2 aliphatic carbocycles. The zero-order valence-corrected chi connectivity index (χ0v) is 11.7. The van der Waals surface area contributed by atoms with Gasteiger partial charge in [-0.25, -0.2) is 4.79 Å². The molecule has 2 aliphatic heterocycles. The molecule has 0 aromatic rings. The highest BCUT2D eigenvalue weighted by atomic mass is 16.7. The number of aliphatic hydroxyl groups excluding tert-OH is 1. The third-order valence-electron chi connectivity index (χ3n) is 5.77. The minimum atomic E-state index is -0.589. The second-order valence-electron chi connectivity index (χ2n) is 7.23. The molecule has 0 radical (unpaired) electrons. The van der Waals surface area contributed by atoms with E-state index >= 15 is 0 Å². The van der Waals surface area contributed by atoms with Gasteiger partial charge in [0.15, 0.2) is 5.60 Å². The lowest BCUT2D eigenvalue weighted by atomic mass is 9.67. The molecule has 2 spiro atoms. The van der Waals surface area contributed by atoms with Crippen LogP contribution in [0.5, 0.6) is 0 Å². The van der Waals surface area contributed by atoms with Crippen molar-refractivity contribution in [1.82, 2.24) is 0 Å². The van der Waals surface area contributed by atoms with Gasteiger partial charge in [-0.15, -0.1) is 0 Å². The van der Waals surface area contributed by atoms with Crippen LogP contribution in [0.1, 0.15) is 40.0 Å². The molecule has 3 fully saturated rings. The van der Waals surface area contributed by atoms with Gasteiger partial charge in [-0.1, -0.05) is 20.8 Å². The molecule has 0 bridgehead atoms. The van der Waals surface area contributed by atoms with Crippen molar-refractivity contribution in [3.63, 3.8) is 0 Å². The quantitative estimate of drug-likeness (QED) is 0.577. The predicted octanol–water partition coefficient (Wildman–Crippen LogP) is 1.57. The van der Waals surface area contributed by atoms with Crippen LogP contribution in [0.3, 0.4) is 0 Å². The number of carbonyl (C=O) groups is 1. The molecular formula is C15H20O4. The fraction of sp³-hybridized carbons (Fsp3) is 0.800. The fourth-order valence-corrected chi connectivity index (χ4v) is 5.05. The minimum Gasteiger partial charge on any atom is -0.448 e. The summed E-state index contributed by atoms with van der Waals surface area (Å²) in [5.41, 5.74) is 0.615. The molecule has 0 aromatic carbocycles. The Morgan fingerprint density at radius 1 is 1.42 bits per heavy atom. The Balaban J connectivity index is 1.93. The van der Waals surface area contributed by atoms with Crippen molar-refractivity contribution in [2.45, 2.75) is 57.3 Å². The van der Waals surface area contributed by atoms with Crippen LogP contribution >= 0.6 is 0 Å². The summed E-state index contributed by atoms with van der Waals surface area (Å²) >= 11 is 0. The Morgan fingerprint density at radius 2 is 2.16 bits per heavy atom. The molecule has 4 atom stereocenters. The molecule has 0 unspecified atom stereocenters. The highest BCUT2D eigenvalue weighted by molar-refractivity contribution is 5.94. The number of rotatable bonds is 1. The standard InChI is InChI=1S/C15H20O4/c1-8-4-5-10-9(6-16)11(17)18-14(10)7-13(2,3)12-15(8,14)19-12/h8,12,16H,4-7H2,1-3H3/t8-,12-,14+,15-/m1/s1. The first-order valence-corrected chi connectivity index (χ1v) is 7.13. The molecule has 4 aliphatic rings. The van der Waals surface area contributed by atoms with E-state index in [2.05, 4.69) is 20.8 Å². The molecule has 1 saturated heterocycles. The Morgan fingerprint density at radius 3 is 2.79 bits per heavy atom. The summed E-state index contributed by atoms with van der Waals surface area (Å²) in [6, 6.07) is 0. The van der Waals surface area contributed by atoms with E-state index in [9.17, 15) is 9.90 Å². The van der Waals surface area contributed by atoms with Crippen LogP contribution in [-0.2, 0) is 14.3 Å². The second-order valence-corrected chi connectivity index (χ2v) is 7.23. The predicted molar refractivity (Wildman–Crippen MR) is 67.3 cm³/mol. The van der Waals surface area contributed by atoms with E-state index < -0.39 is 5.60 Å². The number of epoxide rings is 1. The Bertz CT molecular complexity index is 520. The summed E-state index contributed by atoms with van der Waals surface area (Å²) in [4.78, 5) is 12.1. The molecule has 2 heterocycles. The minimum absolute atomic E-state index is 0.0229. The molecule has 4 rings (SSSR count). The third-order valence-corrected chi connectivity index (χ3v) is 5.77. The van der Waals surface area contributed by atoms with E-state index in [-0.39, 0.29) is 29.7 Å². The van der Waals surface area contributed by atoms with E-state index in [1.165, 1.54) is 0 Å². The van der Waals surface area contributed by atoms with Gasteiger partial charge in [0.05, 0.1) is 18.3 Å². The number of esters is 1.